The Morgan fingerprint density at radius 1 is 1.11 bits per heavy atom. The van der Waals surface area contributed by atoms with Crippen molar-refractivity contribution in [3.63, 3.8) is 0 Å². The maximum Gasteiger partial charge on any atom is 0.262 e. The summed E-state index contributed by atoms with van der Waals surface area (Å²) in [5.41, 5.74) is 2.53. The predicted molar refractivity (Wildman–Crippen MR) is 111 cm³/mol. The summed E-state index contributed by atoms with van der Waals surface area (Å²) in [5, 5.41) is 4.09. The molecule has 1 heterocycles. The summed E-state index contributed by atoms with van der Waals surface area (Å²) in [6.07, 6.45) is 0. The highest BCUT2D eigenvalue weighted by Gasteiger charge is 2.17. The number of benzene rings is 2. The number of anilines is 2. The van der Waals surface area contributed by atoms with Crippen LogP contribution in [-0.2, 0) is 4.79 Å². The van der Waals surface area contributed by atoms with Crippen molar-refractivity contribution in [3.05, 3.63) is 52.0 Å². The number of rotatable bonds is 5. The van der Waals surface area contributed by atoms with Gasteiger partial charge in [0.25, 0.3) is 5.91 Å². The van der Waals surface area contributed by atoms with Crippen LogP contribution in [0.4, 0.5) is 11.4 Å². The Bertz CT molecular complexity index is 821. The van der Waals surface area contributed by atoms with Crippen molar-refractivity contribution in [2.75, 3.05) is 50.1 Å². The first kappa shape index (κ1) is 19.8. The Labute approximate surface area is 169 Å². The molecular weight excluding hydrogens is 385 g/mol. The molecule has 0 aliphatic carbocycles. The van der Waals surface area contributed by atoms with Gasteiger partial charge in [-0.2, -0.15) is 0 Å². The smallest absolute Gasteiger partial charge is 0.262 e. The van der Waals surface area contributed by atoms with Gasteiger partial charge in [0.15, 0.2) is 6.61 Å². The highest BCUT2D eigenvalue weighted by molar-refractivity contribution is 6.33. The van der Waals surface area contributed by atoms with Gasteiger partial charge in [-0.05, 0) is 55.9 Å². The fourth-order valence-corrected chi connectivity index (χ4v) is 3.53. The number of aryl methyl sites for hydroxylation is 1. The van der Waals surface area contributed by atoms with Gasteiger partial charge in [-0.25, -0.2) is 0 Å². The zero-order chi connectivity index (χ0) is 19.4. The third-order valence-electron chi connectivity index (χ3n) is 4.57. The molecule has 0 aromatic heterocycles. The molecule has 3 rings (SSSR count). The molecule has 144 valence electrons. The van der Waals surface area contributed by atoms with E-state index in [2.05, 4.69) is 22.2 Å². The van der Waals surface area contributed by atoms with Crippen LogP contribution < -0.4 is 15.0 Å². The molecule has 27 heavy (non-hydrogen) atoms. The molecule has 1 N–H and O–H groups in total. The number of carbonyl (C=O) groups is 1. The monoisotopic (exact) mass is 407 g/mol. The zero-order valence-corrected chi connectivity index (χ0v) is 17.0. The summed E-state index contributed by atoms with van der Waals surface area (Å²) in [7, 11) is 2.12. The molecule has 1 amide bonds. The molecule has 1 fully saturated rings. The van der Waals surface area contributed by atoms with Gasteiger partial charge in [-0.1, -0.05) is 23.2 Å². The van der Waals surface area contributed by atoms with E-state index in [-0.39, 0.29) is 12.5 Å². The first-order valence-corrected chi connectivity index (χ1v) is 9.60. The van der Waals surface area contributed by atoms with Gasteiger partial charge < -0.3 is 19.9 Å². The lowest BCUT2D eigenvalue weighted by Gasteiger charge is -2.34. The molecule has 7 heteroatoms. The van der Waals surface area contributed by atoms with Crippen LogP contribution in [0.3, 0.4) is 0 Å². The highest BCUT2D eigenvalue weighted by atomic mass is 35.5. The van der Waals surface area contributed by atoms with Crippen molar-refractivity contribution >= 4 is 40.5 Å². The number of halogens is 2. The number of carbonyl (C=O) groups excluding carboxylic acids is 1. The van der Waals surface area contributed by atoms with Crippen LogP contribution in [0.2, 0.25) is 10.0 Å². The Morgan fingerprint density at radius 2 is 1.85 bits per heavy atom. The average Bonchev–Trinajstić information content (AvgIpc) is 2.62. The van der Waals surface area contributed by atoms with E-state index in [1.54, 1.807) is 24.3 Å². The van der Waals surface area contributed by atoms with E-state index in [0.29, 0.717) is 21.5 Å². The summed E-state index contributed by atoms with van der Waals surface area (Å²) in [5.74, 6) is 0.394. The number of amides is 1. The Hall–Kier alpha value is -1.95. The Kier molecular flexibility index (Phi) is 6.47. The fraction of sp³-hybridized carbons (Fsp3) is 0.350. The summed E-state index contributed by atoms with van der Waals surface area (Å²) < 4.78 is 5.57. The lowest BCUT2D eigenvalue weighted by atomic mass is 10.2. The average molecular weight is 408 g/mol. The van der Waals surface area contributed by atoms with E-state index >= 15 is 0 Å². The minimum atomic E-state index is -0.243. The third kappa shape index (κ3) is 5.28. The molecule has 0 unspecified atom stereocenters. The molecule has 2 aromatic carbocycles. The van der Waals surface area contributed by atoms with E-state index in [1.807, 2.05) is 19.1 Å². The number of hydrogen-bond acceptors (Lipinski definition) is 4. The molecule has 0 spiro atoms. The third-order valence-corrected chi connectivity index (χ3v) is 5.11. The van der Waals surface area contributed by atoms with E-state index in [9.17, 15) is 4.79 Å². The van der Waals surface area contributed by atoms with Gasteiger partial charge in [0, 0.05) is 36.9 Å². The van der Waals surface area contributed by atoms with Crippen molar-refractivity contribution < 1.29 is 9.53 Å². The van der Waals surface area contributed by atoms with Gasteiger partial charge >= 0.3 is 0 Å². The Morgan fingerprint density at radius 3 is 2.52 bits per heavy atom. The van der Waals surface area contributed by atoms with Crippen molar-refractivity contribution in [3.8, 4) is 5.75 Å². The van der Waals surface area contributed by atoms with Crippen LogP contribution in [0.5, 0.6) is 5.75 Å². The van der Waals surface area contributed by atoms with E-state index in [4.69, 9.17) is 27.9 Å². The quantitative estimate of drug-likeness (QED) is 0.810. The van der Waals surface area contributed by atoms with Crippen molar-refractivity contribution in [2.24, 2.45) is 0 Å². The highest BCUT2D eigenvalue weighted by Crippen LogP contribution is 2.29. The molecule has 1 aliphatic rings. The number of nitrogens with zero attached hydrogens (tertiary/aromatic N) is 2. The fourth-order valence-electron chi connectivity index (χ4n) is 3.00. The minimum absolute atomic E-state index is 0.0830. The van der Waals surface area contributed by atoms with E-state index < -0.39 is 0 Å². The minimum Gasteiger partial charge on any atom is -0.483 e. The standard InChI is InChI=1S/C20H23Cl2N3O2/c1-14-11-15(21)3-6-19(14)27-13-20(26)23-16-4-5-18(17(22)12-16)25-9-7-24(2)8-10-25/h3-6,11-12H,7-10,13H2,1-2H3,(H,23,26). The molecular formula is C20H23Cl2N3O2. The molecule has 1 saturated heterocycles. The first-order chi connectivity index (χ1) is 12.9. The number of likely N-dealkylation sites (N-methyl/N-ethyl adjacent to an activating group) is 1. The zero-order valence-electron chi connectivity index (χ0n) is 15.5. The molecule has 2 aromatic rings. The van der Waals surface area contributed by atoms with Crippen LogP contribution in [0.15, 0.2) is 36.4 Å². The molecule has 0 radical (unpaired) electrons. The summed E-state index contributed by atoms with van der Waals surface area (Å²) >= 11 is 12.4. The largest absolute Gasteiger partial charge is 0.483 e. The van der Waals surface area contributed by atoms with E-state index in [1.165, 1.54) is 0 Å². The van der Waals surface area contributed by atoms with E-state index in [0.717, 1.165) is 37.4 Å². The summed E-state index contributed by atoms with van der Waals surface area (Å²) in [6.45, 7) is 5.70. The lowest BCUT2D eigenvalue weighted by molar-refractivity contribution is -0.118. The molecule has 0 atom stereocenters. The van der Waals surface area contributed by atoms with Crippen LogP contribution >= 0.6 is 23.2 Å². The predicted octanol–water partition coefficient (Wildman–Crippen LogP) is 4.07. The second-order valence-electron chi connectivity index (χ2n) is 6.70. The molecule has 5 nitrogen and oxygen atoms in total. The topological polar surface area (TPSA) is 44.8 Å². The van der Waals surface area contributed by atoms with Crippen LogP contribution in [0.1, 0.15) is 5.56 Å². The van der Waals surface area contributed by atoms with Gasteiger partial charge in [0.1, 0.15) is 5.75 Å². The maximum absolute atomic E-state index is 12.2. The SMILES string of the molecule is Cc1cc(Cl)ccc1OCC(=O)Nc1ccc(N2CCN(C)CC2)c(Cl)c1. The second kappa shape index (κ2) is 8.83. The van der Waals surface area contributed by atoms with Crippen LogP contribution in [0, 0.1) is 6.92 Å². The summed E-state index contributed by atoms with van der Waals surface area (Å²) in [6, 6.07) is 10.9. The van der Waals surface area contributed by atoms with Crippen LogP contribution in [-0.4, -0.2) is 50.6 Å². The van der Waals surface area contributed by atoms with Gasteiger partial charge in [0.05, 0.1) is 10.7 Å². The van der Waals surface area contributed by atoms with Crippen molar-refractivity contribution in [2.45, 2.75) is 6.92 Å². The Balaban J connectivity index is 1.57. The molecule has 0 bridgehead atoms. The number of hydrogen-bond donors (Lipinski definition) is 1. The number of ether oxygens (including phenoxy) is 1. The molecule has 1 aliphatic heterocycles. The van der Waals surface area contributed by atoms with Crippen LogP contribution in [0.25, 0.3) is 0 Å². The van der Waals surface area contributed by atoms with Crippen molar-refractivity contribution in [1.29, 1.82) is 0 Å². The second-order valence-corrected chi connectivity index (χ2v) is 7.55. The number of nitrogens with one attached hydrogen (secondary N) is 1. The van der Waals surface area contributed by atoms with Gasteiger partial charge in [-0.15, -0.1) is 0 Å². The number of piperazine rings is 1. The lowest BCUT2D eigenvalue weighted by Crippen LogP contribution is -2.44. The first-order valence-electron chi connectivity index (χ1n) is 8.84. The van der Waals surface area contributed by atoms with Crippen molar-refractivity contribution in [1.82, 2.24) is 4.90 Å². The maximum atomic E-state index is 12.2. The molecule has 0 saturated carbocycles. The normalized spacial score (nSPS) is 14.9. The van der Waals surface area contributed by atoms with Gasteiger partial charge in [-0.3, -0.25) is 4.79 Å². The summed E-state index contributed by atoms with van der Waals surface area (Å²) in [4.78, 5) is 16.7. The van der Waals surface area contributed by atoms with Gasteiger partial charge in [0.2, 0.25) is 0 Å².